The first kappa shape index (κ1) is 20.7. The predicted octanol–water partition coefficient (Wildman–Crippen LogP) is 3.46. The van der Waals surface area contributed by atoms with Gasteiger partial charge in [-0.25, -0.2) is 0 Å². The summed E-state index contributed by atoms with van der Waals surface area (Å²) in [7, 11) is 0. The van der Waals surface area contributed by atoms with E-state index in [-0.39, 0.29) is 29.5 Å². The van der Waals surface area contributed by atoms with Crippen LogP contribution in [0.25, 0.3) is 0 Å². The Bertz CT molecular complexity index is 608. The lowest BCUT2D eigenvalue weighted by Crippen LogP contribution is -2.45. The number of carboxylic acid groups (broad SMARTS) is 1. The van der Waals surface area contributed by atoms with E-state index < -0.39 is 44.5 Å². The van der Waals surface area contributed by atoms with Crippen LogP contribution in [0.3, 0.4) is 0 Å². The van der Waals surface area contributed by atoms with E-state index in [4.69, 9.17) is 79.4 Å². The number of ether oxygens (including phenoxy) is 1. The molecule has 2 rings (SSSR count). The van der Waals surface area contributed by atoms with Gasteiger partial charge in [-0.1, -0.05) is 46.4 Å². The number of hydrogen-bond donors (Lipinski definition) is 2. The number of fused-ring (bicyclic) bond motifs is 2. The molecule has 0 saturated heterocycles. The highest BCUT2D eigenvalue weighted by atomic mass is 35.5. The molecular weight excluding hydrogens is 449 g/mol. The quantitative estimate of drug-likeness (QED) is 0.468. The summed E-state index contributed by atoms with van der Waals surface area (Å²) in [4.78, 5) is 18.8. The molecule has 1 saturated carbocycles. The van der Waals surface area contributed by atoms with Gasteiger partial charge < -0.3 is 14.9 Å². The Labute approximate surface area is 167 Å². The summed E-state index contributed by atoms with van der Waals surface area (Å²) in [6.07, 6.45) is -0.690. The molecule has 0 spiro atoms. The fraction of sp³-hybridized carbons (Fsp3) is 0.692. The van der Waals surface area contributed by atoms with Gasteiger partial charge in [-0.15, -0.1) is 23.2 Å². The Morgan fingerprint density at radius 2 is 1.50 bits per heavy atom. The van der Waals surface area contributed by atoms with E-state index in [1.165, 1.54) is 0 Å². The monoisotopic (exact) mass is 458 g/mol. The molecule has 11 heteroatoms. The summed E-state index contributed by atoms with van der Waals surface area (Å²) in [5, 5.41) is 18.2. The largest absolute Gasteiger partial charge is 0.481 e. The van der Waals surface area contributed by atoms with Crippen molar-refractivity contribution in [2.75, 3.05) is 13.2 Å². The van der Waals surface area contributed by atoms with Crippen molar-refractivity contribution in [2.24, 2.45) is 11.8 Å². The third kappa shape index (κ3) is 2.63. The molecular formula is C13H12Cl6O5. The highest BCUT2D eigenvalue weighted by Gasteiger charge is 2.82. The number of alkyl halides is 4. The first-order valence-corrected chi connectivity index (χ1v) is 9.03. The minimum absolute atomic E-state index is 0.0571. The molecule has 2 aliphatic rings. The fourth-order valence-corrected chi connectivity index (χ4v) is 6.22. The maximum atomic E-state index is 11.6. The third-order valence-electron chi connectivity index (χ3n) is 4.42. The van der Waals surface area contributed by atoms with E-state index in [2.05, 4.69) is 0 Å². The van der Waals surface area contributed by atoms with Crippen molar-refractivity contribution < 1.29 is 24.5 Å². The van der Waals surface area contributed by atoms with Crippen LogP contribution in [-0.2, 0) is 14.3 Å². The smallest absolute Gasteiger partial charge is 0.306 e. The first-order valence-electron chi connectivity index (χ1n) is 6.76. The van der Waals surface area contributed by atoms with Crippen molar-refractivity contribution in [2.45, 2.75) is 26.9 Å². The van der Waals surface area contributed by atoms with Crippen molar-refractivity contribution >= 4 is 81.5 Å². The SMILES string of the molecule is O=C(O)CCC(=O)OCC1C(CO)C2(Cl)C(Cl)=C(Cl)C1(Cl)C2(Cl)Cl. The summed E-state index contributed by atoms with van der Waals surface area (Å²) in [6, 6.07) is 0. The molecule has 1 fully saturated rings. The van der Waals surface area contributed by atoms with Crippen LogP contribution in [0.1, 0.15) is 12.8 Å². The lowest BCUT2D eigenvalue weighted by Gasteiger charge is -2.35. The van der Waals surface area contributed by atoms with Crippen LogP contribution in [0.2, 0.25) is 0 Å². The molecule has 0 aromatic rings. The number of aliphatic hydroxyl groups excluding tert-OH is 1. The van der Waals surface area contributed by atoms with E-state index >= 15 is 0 Å². The summed E-state index contributed by atoms with van der Waals surface area (Å²) in [6.45, 7) is -0.778. The second kappa shape index (κ2) is 6.84. The van der Waals surface area contributed by atoms with Gasteiger partial charge in [-0.3, -0.25) is 9.59 Å². The van der Waals surface area contributed by atoms with Crippen LogP contribution in [0.4, 0.5) is 0 Å². The maximum absolute atomic E-state index is 11.6. The van der Waals surface area contributed by atoms with Crippen LogP contribution in [0, 0.1) is 11.8 Å². The highest BCUT2D eigenvalue weighted by Crippen LogP contribution is 2.76. The molecule has 0 heterocycles. The number of halogens is 6. The Morgan fingerprint density at radius 3 is 1.96 bits per heavy atom. The van der Waals surface area contributed by atoms with Gasteiger partial charge in [0.05, 0.1) is 29.5 Å². The van der Waals surface area contributed by atoms with Gasteiger partial charge >= 0.3 is 11.9 Å². The van der Waals surface area contributed by atoms with E-state index in [0.717, 1.165) is 0 Å². The number of allylic oxidation sites excluding steroid dienone is 2. The van der Waals surface area contributed by atoms with Gasteiger partial charge in [-0.2, -0.15) is 0 Å². The third-order valence-corrected chi connectivity index (χ3v) is 8.77. The normalized spacial score (nSPS) is 37.0. The van der Waals surface area contributed by atoms with Crippen molar-refractivity contribution in [3.8, 4) is 0 Å². The van der Waals surface area contributed by atoms with Gasteiger partial charge in [-0.05, 0) is 0 Å². The molecule has 4 atom stereocenters. The fourth-order valence-electron chi connectivity index (χ4n) is 3.15. The summed E-state index contributed by atoms with van der Waals surface area (Å²) < 4.78 is 3.21. The Hall–Kier alpha value is 0.380. The maximum Gasteiger partial charge on any atom is 0.306 e. The Balaban J connectivity index is 2.25. The number of carbonyl (C=O) groups excluding carboxylic acids is 1. The molecule has 24 heavy (non-hydrogen) atoms. The number of hydrogen-bond acceptors (Lipinski definition) is 4. The molecule has 2 aliphatic carbocycles. The van der Waals surface area contributed by atoms with Crippen LogP contribution in [0.15, 0.2) is 10.1 Å². The highest BCUT2D eigenvalue weighted by molar-refractivity contribution is 6.65. The molecule has 5 nitrogen and oxygen atoms in total. The van der Waals surface area contributed by atoms with Crippen molar-refractivity contribution in [1.82, 2.24) is 0 Å². The van der Waals surface area contributed by atoms with Crippen LogP contribution in [0.5, 0.6) is 0 Å². The Kier molecular flexibility index (Phi) is 5.90. The number of aliphatic carboxylic acids is 1. The van der Waals surface area contributed by atoms with Gasteiger partial charge in [0, 0.05) is 18.4 Å². The lowest BCUT2D eigenvalue weighted by atomic mass is 9.83. The molecule has 0 radical (unpaired) electrons. The second-order valence-corrected chi connectivity index (χ2v) is 8.87. The summed E-state index contributed by atoms with van der Waals surface area (Å²) in [5.41, 5.74) is 0. The molecule has 0 aromatic carbocycles. The minimum atomic E-state index is -1.84. The average molecular weight is 461 g/mol. The molecule has 4 unspecified atom stereocenters. The summed E-state index contributed by atoms with van der Waals surface area (Å²) in [5.74, 6) is -3.52. The zero-order valence-electron chi connectivity index (χ0n) is 11.9. The Morgan fingerprint density at radius 1 is 1.00 bits per heavy atom. The minimum Gasteiger partial charge on any atom is -0.481 e. The van der Waals surface area contributed by atoms with Gasteiger partial charge in [0.25, 0.3) is 0 Å². The number of aliphatic hydroxyl groups is 1. The van der Waals surface area contributed by atoms with E-state index in [1.54, 1.807) is 0 Å². The van der Waals surface area contributed by atoms with Crippen LogP contribution >= 0.6 is 69.6 Å². The van der Waals surface area contributed by atoms with E-state index in [1.807, 2.05) is 0 Å². The van der Waals surface area contributed by atoms with E-state index in [9.17, 15) is 14.7 Å². The average Bonchev–Trinajstić information content (AvgIpc) is 2.70. The lowest BCUT2D eigenvalue weighted by molar-refractivity contribution is -0.149. The van der Waals surface area contributed by atoms with Gasteiger partial charge in [0.2, 0.25) is 0 Å². The molecule has 0 aromatic heterocycles. The first-order chi connectivity index (χ1) is 11.0. The number of carbonyl (C=O) groups is 2. The second-order valence-electron chi connectivity index (χ2n) is 5.60. The number of rotatable bonds is 6. The van der Waals surface area contributed by atoms with E-state index in [0.29, 0.717) is 0 Å². The number of esters is 1. The molecule has 0 amide bonds. The zero-order chi connectivity index (χ0) is 18.5. The standard InChI is InChI=1S/C13H12Cl6O5/c14-9-10(15)12(17)6(4-24-8(23)2-1-7(21)22)5(3-20)11(9,16)13(12,18)19/h5-6,20H,1-4H2,(H,21,22). The van der Waals surface area contributed by atoms with Gasteiger partial charge in [0.1, 0.15) is 9.75 Å². The molecule has 2 bridgehead atoms. The topological polar surface area (TPSA) is 83.8 Å². The van der Waals surface area contributed by atoms with Crippen molar-refractivity contribution in [3.63, 3.8) is 0 Å². The van der Waals surface area contributed by atoms with Crippen molar-refractivity contribution in [1.29, 1.82) is 0 Å². The van der Waals surface area contributed by atoms with Gasteiger partial charge in [0.15, 0.2) is 4.33 Å². The molecule has 136 valence electrons. The number of carboxylic acids is 1. The van der Waals surface area contributed by atoms with Crippen molar-refractivity contribution in [3.05, 3.63) is 10.1 Å². The predicted molar refractivity (Wildman–Crippen MR) is 92.2 cm³/mol. The van der Waals surface area contributed by atoms with Crippen LogP contribution in [-0.4, -0.2) is 49.4 Å². The summed E-state index contributed by atoms with van der Waals surface area (Å²) >= 11 is 38.1. The molecule has 2 N–H and O–H groups in total. The van der Waals surface area contributed by atoms with Crippen LogP contribution < -0.4 is 0 Å². The zero-order valence-corrected chi connectivity index (χ0v) is 16.4. The molecule has 0 aliphatic heterocycles.